The fourth-order valence-corrected chi connectivity index (χ4v) is 5.53. The zero-order valence-corrected chi connectivity index (χ0v) is 25.4. The molecule has 0 aliphatic heterocycles. The number of thioether (sulfide) groups is 1. The molecule has 3 aromatic rings. The normalized spacial score (nSPS) is 12.1. The molecule has 0 unspecified atom stereocenters. The minimum atomic E-state index is -0.347. The van der Waals surface area contributed by atoms with Gasteiger partial charge >= 0.3 is 0 Å². The second kappa shape index (κ2) is 13.6. The molecular weight excluding hydrogens is 621 g/mol. The van der Waals surface area contributed by atoms with Crippen LogP contribution in [0.25, 0.3) is 0 Å². The van der Waals surface area contributed by atoms with Crippen LogP contribution in [0.5, 0.6) is 0 Å². The molecule has 2 amide bonds. The average Bonchev–Trinajstić information content (AvgIpc) is 3.26. The Kier molecular flexibility index (Phi) is 10.8. The third-order valence-electron chi connectivity index (χ3n) is 5.75. The van der Waals surface area contributed by atoms with Gasteiger partial charge < -0.3 is 15.2 Å². The molecule has 2 aromatic carbocycles. The lowest BCUT2D eigenvalue weighted by atomic mass is 10.0. The lowest BCUT2D eigenvalue weighted by Gasteiger charge is -2.21. The maximum Gasteiger partial charge on any atom is 0.253 e. The number of benzene rings is 2. The Morgan fingerprint density at radius 2 is 1.84 bits per heavy atom. The molecule has 0 fully saturated rings. The summed E-state index contributed by atoms with van der Waals surface area (Å²) in [6.07, 6.45) is 0.685. The topological polar surface area (TPSA) is 88.9 Å². The molecule has 37 heavy (non-hydrogen) atoms. The molecule has 0 aliphatic rings. The molecule has 1 aromatic heterocycles. The van der Waals surface area contributed by atoms with Crippen LogP contribution in [0.3, 0.4) is 0 Å². The standard InChI is InChI=1S/C27H33ClIN5O2S/c1-6-34-25(23(13-16(2)3)31-26(36)19-9-7-8-10-21(19)28)32-33-27(34)37-15-24(35)30-22-12-11-18(29)14-20(22)17(4)5/h7-12,14,16-17,23H,6,13,15H2,1-5H3,(H,30,35)(H,31,36)/t23-/m1/s1. The van der Waals surface area contributed by atoms with Gasteiger partial charge in [0.15, 0.2) is 11.0 Å². The minimum Gasteiger partial charge on any atom is -0.342 e. The van der Waals surface area contributed by atoms with Gasteiger partial charge in [-0.25, -0.2) is 0 Å². The van der Waals surface area contributed by atoms with E-state index in [1.54, 1.807) is 24.3 Å². The number of hydrogen-bond acceptors (Lipinski definition) is 5. The third kappa shape index (κ3) is 7.94. The first-order valence-electron chi connectivity index (χ1n) is 12.3. The summed E-state index contributed by atoms with van der Waals surface area (Å²) < 4.78 is 3.09. The predicted molar refractivity (Wildman–Crippen MR) is 159 cm³/mol. The van der Waals surface area contributed by atoms with E-state index in [-0.39, 0.29) is 23.6 Å². The average molecular weight is 654 g/mol. The van der Waals surface area contributed by atoms with Gasteiger partial charge in [-0.1, -0.05) is 63.2 Å². The zero-order chi connectivity index (χ0) is 27.1. The van der Waals surface area contributed by atoms with Crippen LogP contribution >= 0.6 is 46.0 Å². The van der Waals surface area contributed by atoms with E-state index in [0.29, 0.717) is 46.4 Å². The van der Waals surface area contributed by atoms with Crippen LogP contribution in [0, 0.1) is 9.49 Å². The lowest BCUT2D eigenvalue weighted by Crippen LogP contribution is -2.31. The van der Waals surface area contributed by atoms with Crippen molar-refractivity contribution >= 4 is 63.5 Å². The molecule has 1 heterocycles. The van der Waals surface area contributed by atoms with Crippen LogP contribution in [0.4, 0.5) is 5.69 Å². The molecule has 0 radical (unpaired) electrons. The second-order valence-corrected chi connectivity index (χ2v) is 12.0. The first-order chi connectivity index (χ1) is 17.6. The Morgan fingerprint density at radius 1 is 1.11 bits per heavy atom. The summed E-state index contributed by atoms with van der Waals surface area (Å²) in [5.74, 6) is 1.11. The van der Waals surface area contributed by atoms with Gasteiger partial charge in [0.05, 0.1) is 22.4 Å². The highest BCUT2D eigenvalue weighted by molar-refractivity contribution is 14.1. The molecule has 7 nitrogen and oxygen atoms in total. The molecule has 0 bridgehead atoms. The van der Waals surface area contributed by atoms with Crippen molar-refractivity contribution in [2.45, 2.75) is 64.7 Å². The van der Waals surface area contributed by atoms with Crippen molar-refractivity contribution < 1.29 is 9.59 Å². The number of halogens is 2. The summed E-state index contributed by atoms with van der Waals surface area (Å²) in [7, 11) is 0. The molecule has 2 N–H and O–H groups in total. The van der Waals surface area contributed by atoms with Gasteiger partial charge in [0.1, 0.15) is 0 Å². The fourth-order valence-electron chi connectivity index (χ4n) is 3.98. The zero-order valence-electron chi connectivity index (χ0n) is 21.7. The van der Waals surface area contributed by atoms with Crippen molar-refractivity contribution in [3.63, 3.8) is 0 Å². The van der Waals surface area contributed by atoms with Gasteiger partial charge in [-0.05, 0) is 83.7 Å². The maximum absolute atomic E-state index is 13.0. The first-order valence-corrected chi connectivity index (χ1v) is 14.7. The Bertz CT molecular complexity index is 1250. The van der Waals surface area contributed by atoms with Crippen molar-refractivity contribution in [2.24, 2.45) is 5.92 Å². The number of carbonyl (C=O) groups excluding carboxylic acids is 2. The van der Waals surface area contributed by atoms with Crippen LogP contribution in [0.15, 0.2) is 47.6 Å². The Labute approximate surface area is 241 Å². The SMILES string of the molecule is CCn1c(SCC(=O)Nc2ccc(I)cc2C(C)C)nnc1[C@@H](CC(C)C)NC(=O)c1ccccc1Cl. The van der Waals surface area contributed by atoms with E-state index in [0.717, 1.165) is 14.8 Å². The summed E-state index contributed by atoms with van der Waals surface area (Å²) in [5, 5.41) is 16.0. The van der Waals surface area contributed by atoms with Gasteiger partial charge in [0.2, 0.25) is 5.91 Å². The molecular formula is C27H33ClIN5O2S. The van der Waals surface area contributed by atoms with E-state index in [4.69, 9.17) is 11.6 Å². The van der Waals surface area contributed by atoms with Crippen LogP contribution in [0.2, 0.25) is 5.02 Å². The molecule has 0 saturated heterocycles. The Morgan fingerprint density at radius 3 is 2.49 bits per heavy atom. The Hall–Kier alpha value is -2.11. The van der Waals surface area contributed by atoms with Gasteiger partial charge in [-0.15, -0.1) is 10.2 Å². The van der Waals surface area contributed by atoms with E-state index in [1.807, 2.05) is 23.6 Å². The molecule has 0 spiro atoms. The Balaban J connectivity index is 1.75. The number of nitrogens with zero attached hydrogens (tertiary/aromatic N) is 3. The summed E-state index contributed by atoms with van der Waals surface area (Å²) in [5.41, 5.74) is 2.36. The van der Waals surface area contributed by atoms with Crippen LogP contribution in [-0.2, 0) is 11.3 Å². The number of nitrogens with one attached hydrogen (secondary N) is 2. The monoisotopic (exact) mass is 653 g/mol. The van der Waals surface area contributed by atoms with Gasteiger partial charge in [-0.2, -0.15) is 0 Å². The molecule has 1 atom stereocenters. The highest BCUT2D eigenvalue weighted by atomic mass is 127. The van der Waals surface area contributed by atoms with E-state index in [2.05, 4.69) is 77.2 Å². The summed E-state index contributed by atoms with van der Waals surface area (Å²) >= 11 is 9.86. The van der Waals surface area contributed by atoms with Gasteiger partial charge in [-0.3, -0.25) is 9.59 Å². The molecule has 10 heteroatoms. The number of aromatic nitrogens is 3. The maximum atomic E-state index is 13.0. The summed E-state index contributed by atoms with van der Waals surface area (Å²) in [4.78, 5) is 25.8. The highest BCUT2D eigenvalue weighted by Gasteiger charge is 2.25. The largest absolute Gasteiger partial charge is 0.342 e. The van der Waals surface area contributed by atoms with Crippen LogP contribution in [0.1, 0.15) is 74.7 Å². The number of rotatable bonds is 11. The van der Waals surface area contributed by atoms with Crippen LogP contribution < -0.4 is 10.6 Å². The number of carbonyl (C=O) groups is 2. The van der Waals surface area contributed by atoms with Crippen LogP contribution in [-0.4, -0.2) is 32.3 Å². The quantitative estimate of drug-likeness (QED) is 0.173. The van der Waals surface area contributed by atoms with Crippen molar-refractivity contribution in [3.8, 4) is 0 Å². The first kappa shape index (κ1) is 29.4. The predicted octanol–water partition coefficient (Wildman–Crippen LogP) is 6.93. The van der Waals surface area contributed by atoms with E-state index in [9.17, 15) is 9.59 Å². The summed E-state index contributed by atoms with van der Waals surface area (Å²) in [6.45, 7) is 11.0. The smallest absolute Gasteiger partial charge is 0.253 e. The summed E-state index contributed by atoms with van der Waals surface area (Å²) in [6, 6.07) is 12.7. The van der Waals surface area contributed by atoms with Gasteiger partial charge in [0, 0.05) is 15.8 Å². The lowest BCUT2D eigenvalue weighted by molar-refractivity contribution is -0.113. The minimum absolute atomic E-state index is 0.105. The van der Waals surface area contributed by atoms with Crippen molar-refractivity contribution in [2.75, 3.05) is 11.1 Å². The molecule has 198 valence electrons. The number of anilines is 1. The molecule has 3 rings (SSSR count). The van der Waals surface area contributed by atoms with Crippen molar-refractivity contribution in [1.29, 1.82) is 0 Å². The molecule has 0 aliphatic carbocycles. The van der Waals surface area contributed by atoms with Crippen molar-refractivity contribution in [1.82, 2.24) is 20.1 Å². The van der Waals surface area contributed by atoms with E-state index >= 15 is 0 Å². The molecule has 0 saturated carbocycles. The number of amides is 2. The number of hydrogen-bond donors (Lipinski definition) is 2. The van der Waals surface area contributed by atoms with Crippen molar-refractivity contribution in [3.05, 3.63) is 68.0 Å². The third-order valence-corrected chi connectivity index (χ3v) is 7.71. The highest BCUT2D eigenvalue weighted by Crippen LogP contribution is 2.28. The second-order valence-electron chi connectivity index (χ2n) is 9.44. The van der Waals surface area contributed by atoms with E-state index in [1.165, 1.54) is 11.8 Å². The van der Waals surface area contributed by atoms with Gasteiger partial charge in [0.25, 0.3) is 5.91 Å². The van der Waals surface area contributed by atoms with E-state index < -0.39 is 0 Å². The fraction of sp³-hybridized carbons (Fsp3) is 0.407.